The van der Waals surface area contributed by atoms with Gasteiger partial charge in [-0.3, -0.25) is 9.59 Å². The van der Waals surface area contributed by atoms with Gasteiger partial charge in [-0.2, -0.15) is 0 Å². The highest BCUT2D eigenvalue weighted by atomic mass is 127. The number of halogens is 2. The van der Waals surface area contributed by atoms with Gasteiger partial charge < -0.3 is 5.11 Å². The van der Waals surface area contributed by atoms with Gasteiger partial charge in [0.2, 0.25) is 0 Å². The molecule has 21 heavy (non-hydrogen) atoms. The zero-order valence-corrected chi connectivity index (χ0v) is 14.8. The minimum atomic E-state index is -1.11. The predicted octanol–water partition coefficient (Wildman–Crippen LogP) is 4.91. The molecule has 0 spiro atoms. The number of Topliss-reactive ketones (excluding diaryl/α,β-unsaturated/α-hetero) is 1. The van der Waals surface area contributed by atoms with Gasteiger partial charge in [0.05, 0.1) is 0 Å². The summed E-state index contributed by atoms with van der Waals surface area (Å²) in [6, 6.07) is 3.48. The number of hydrogen-bond acceptors (Lipinski definition) is 2. The van der Waals surface area contributed by atoms with Crippen LogP contribution < -0.4 is 0 Å². The number of ketones is 1. The van der Waals surface area contributed by atoms with Crippen molar-refractivity contribution in [3.63, 3.8) is 0 Å². The van der Waals surface area contributed by atoms with Crippen LogP contribution in [0.4, 0.5) is 0 Å². The van der Waals surface area contributed by atoms with E-state index in [4.69, 9.17) is 16.7 Å². The van der Waals surface area contributed by atoms with E-state index in [0.29, 0.717) is 17.0 Å². The Balaban J connectivity index is 2.49. The summed E-state index contributed by atoms with van der Waals surface area (Å²) in [5, 5.41) is 7.94. The number of carboxylic acids is 1. The maximum Gasteiger partial charge on any atom is 0.326 e. The number of rotatable bonds is 4. The van der Waals surface area contributed by atoms with E-state index in [1.54, 1.807) is 6.07 Å². The molecule has 1 saturated carbocycles. The lowest BCUT2D eigenvalue weighted by Crippen LogP contribution is -2.14. The highest BCUT2D eigenvalue weighted by Crippen LogP contribution is 2.39. The summed E-state index contributed by atoms with van der Waals surface area (Å²) < 4.78 is 0.953. The van der Waals surface area contributed by atoms with Gasteiger partial charge in [-0.25, -0.2) is 0 Å². The van der Waals surface area contributed by atoms with E-state index in [2.05, 4.69) is 22.6 Å². The summed E-state index contributed by atoms with van der Waals surface area (Å²) in [4.78, 5) is 23.1. The van der Waals surface area contributed by atoms with Crippen molar-refractivity contribution >= 4 is 45.9 Å². The summed E-state index contributed by atoms with van der Waals surface area (Å²) in [7, 11) is 0. The summed E-state index contributed by atoms with van der Waals surface area (Å²) in [6.07, 6.45) is 5.82. The van der Waals surface area contributed by atoms with Crippen LogP contribution in [0.3, 0.4) is 0 Å². The molecule has 1 fully saturated rings. The average molecular weight is 421 g/mol. The second kappa shape index (κ2) is 7.09. The topological polar surface area (TPSA) is 54.4 Å². The third kappa shape index (κ3) is 3.77. The molecule has 3 nitrogen and oxygen atoms in total. The molecule has 114 valence electrons. The van der Waals surface area contributed by atoms with Gasteiger partial charge in [-0.05, 0) is 71.5 Å². The largest absolute Gasteiger partial charge is 0.480 e. The lowest BCUT2D eigenvalue weighted by molar-refractivity contribution is -0.136. The molecular weight excluding hydrogens is 403 g/mol. The number of aliphatic carboxylic acids is 1. The van der Waals surface area contributed by atoms with Crippen molar-refractivity contribution in [3.05, 3.63) is 32.4 Å². The molecule has 0 aliphatic heterocycles. The van der Waals surface area contributed by atoms with Crippen LogP contribution in [0, 0.1) is 3.57 Å². The van der Waals surface area contributed by atoms with E-state index in [9.17, 15) is 9.59 Å². The summed E-state index contributed by atoms with van der Waals surface area (Å²) in [6.45, 7) is 1.53. The first-order valence-corrected chi connectivity index (χ1v) is 8.64. The van der Waals surface area contributed by atoms with E-state index >= 15 is 0 Å². The Morgan fingerprint density at radius 1 is 1.29 bits per heavy atom. The van der Waals surface area contributed by atoms with Gasteiger partial charge in [-0.1, -0.05) is 19.3 Å². The molecule has 0 radical (unpaired) electrons. The van der Waals surface area contributed by atoms with Crippen molar-refractivity contribution in [2.45, 2.75) is 50.3 Å². The van der Waals surface area contributed by atoms with Crippen LogP contribution in [-0.2, 0) is 4.79 Å². The molecule has 1 aliphatic rings. The Morgan fingerprint density at radius 3 is 2.43 bits per heavy atom. The van der Waals surface area contributed by atoms with Crippen molar-refractivity contribution in [3.8, 4) is 0 Å². The molecule has 0 amide bonds. The molecule has 1 atom stereocenters. The SMILES string of the molecule is CC(=O)c1cc(C(Cl)C(=O)O)cc(I)c1C1CCCCC1. The van der Waals surface area contributed by atoms with Gasteiger partial charge in [0.1, 0.15) is 0 Å². The minimum Gasteiger partial charge on any atom is -0.480 e. The number of carbonyl (C=O) groups is 2. The minimum absolute atomic E-state index is 0.0235. The van der Waals surface area contributed by atoms with Crippen LogP contribution in [0.2, 0.25) is 0 Å². The Labute approximate surface area is 143 Å². The van der Waals surface area contributed by atoms with E-state index in [0.717, 1.165) is 22.0 Å². The van der Waals surface area contributed by atoms with Gasteiger partial charge in [-0.15, -0.1) is 11.6 Å². The fourth-order valence-electron chi connectivity index (χ4n) is 3.03. The predicted molar refractivity (Wildman–Crippen MR) is 91.2 cm³/mol. The van der Waals surface area contributed by atoms with Crippen molar-refractivity contribution in [1.29, 1.82) is 0 Å². The van der Waals surface area contributed by atoms with Crippen LogP contribution in [-0.4, -0.2) is 16.9 Å². The van der Waals surface area contributed by atoms with Crippen LogP contribution in [0.5, 0.6) is 0 Å². The van der Waals surface area contributed by atoms with E-state index < -0.39 is 11.3 Å². The van der Waals surface area contributed by atoms with Gasteiger partial charge in [0.25, 0.3) is 0 Å². The highest BCUT2D eigenvalue weighted by molar-refractivity contribution is 14.1. The molecule has 1 unspecified atom stereocenters. The first kappa shape index (κ1) is 16.7. The molecule has 2 rings (SSSR count). The maximum atomic E-state index is 12.0. The molecule has 1 aliphatic carbocycles. The Bertz CT molecular complexity index is 565. The van der Waals surface area contributed by atoms with Crippen LogP contribution in [0.1, 0.15) is 71.8 Å². The third-order valence-corrected chi connectivity index (χ3v) is 5.39. The number of alkyl halides is 1. The van der Waals surface area contributed by atoms with Gasteiger partial charge >= 0.3 is 5.97 Å². The van der Waals surface area contributed by atoms with E-state index in [-0.39, 0.29) is 5.78 Å². The zero-order chi connectivity index (χ0) is 15.6. The monoisotopic (exact) mass is 420 g/mol. The van der Waals surface area contributed by atoms with Crippen molar-refractivity contribution in [2.75, 3.05) is 0 Å². The molecular formula is C16H18ClIO3. The van der Waals surface area contributed by atoms with Crippen LogP contribution >= 0.6 is 34.2 Å². The Kier molecular flexibility index (Phi) is 5.66. The second-order valence-corrected chi connectivity index (χ2v) is 7.15. The molecule has 1 N–H and O–H groups in total. The van der Waals surface area contributed by atoms with Crippen molar-refractivity contribution in [1.82, 2.24) is 0 Å². The maximum absolute atomic E-state index is 12.0. The number of benzene rings is 1. The molecule has 5 heteroatoms. The summed E-state index contributed by atoms with van der Waals surface area (Å²) >= 11 is 8.11. The molecule has 0 saturated heterocycles. The molecule has 1 aromatic carbocycles. The van der Waals surface area contributed by atoms with E-state index in [1.165, 1.54) is 26.2 Å². The normalized spacial score (nSPS) is 17.5. The molecule has 1 aromatic rings. The van der Waals surface area contributed by atoms with Crippen LogP contribution in [0.15, 0.2) is 12.1 Å². The average Bonchev–Trinajstić information content (AvgIpc) is 2.46. The fraction of sp³-hybridized carbons (Fsp3) is 0.500. The number of carbonyl (C=O) groups excluding carboxylic acids is 1. The third-order valence-electron chi connectivity index (χ3n) is 4.05. The van der Waals surface area contributed by atoms with Gasteiger partial charge in [0, 0.05) is 9.13 Å². The first-order valence-electron chi connectivity index (χ1n) is 7.13. The zero-order valence-electron chi connectivity index (χ0n) is 11.9. The lowest BCUT2D eigenvalue weighted by atomic mass is 9.81. The van der Waals surface area contributed by atoms with Crippen LogP contribution in [0.25, 0.3) is 0 Å². The van der Waals surface area contributed by atoms with Crippen molar-refractivity contribution in [2.24, 2.45) is 0 Å². The fourth-order valence-corrected chi connectivity index (χ4v) is 4.24. The Hall–Kier alpha value is -0.620. The lowest BCUT2D eigenvalue weighted by Gasteiger charge is -2.26. The summed E-state index contributed by atoms with van der Waals surface area (Å²) in [5.41, 5.74) is 2.20. The molecule has 0 aromatic heterocycles. The molecule has 0 heterocycles. The van der Waals surface area contributed by atoms with Crippen molar-refractivity contribution < 1.29 is 14.7 Å². The number of carboxylic acid groups (broad SMARTS) is 1. The second-order valence-electron chi connectivity index (χ2n) is 5.56. The standard InChI is InChI=1S/C16H18ClIO3/c1-9(19)12-7-11(15(17)16(20)21)8-13(18)14(12)10-5-3-2-4-6-10/h7-8,10,15H,2-6H2,1H3,(H,20,21). The summed E-state index contributed by atoms with van der Waals surface area (Å²) in [5.74, 6) is -0.714. The Morgan fingerprint density at radius 2 is 1.90 bits per heavy atom. The van der Waals surface area contributed by atoms with Gasteiger partial charge in [0.15, 0.2) is 11.2 Å². The molecule has 0 bridgehead atoms. The smallest absolute Gasteiger partial charge is 0.326 e. The highest BCUT2D eigenvalue weighted by Gasteiger charge is 2.26. The van der Waals surface area contributed by atoms with E-state index in [1.807, 2.05) is 6.07 Å². The number of hydrogen-bond donors (Lipinski definition) is 1. The quantitative estimate of drug-likeness (QED) is 0.428. The first-order chi connectivity index (χ1) is 9.91.